The molecule has 16 heavy (non-hydrogen) atoms. The highest BCUT2D eigenvalue weighted by atomic mass is 14.9. The van der Waals surface area contributed by atoms with E-state index in [1.54, 1.807) is 5.56 Å². The summed E-state index contributed by atoms with van der Waals surface area (Å²) < 4.78 is 0. The number of hydrogen-bond donors (Lipinski definition) is 1. The zero-order chi connectivity index (χ0) is 11.2. The summed E-state index contributed by atoms with van der Waals surface area (Å²) in [5, 5.41) is 3.52. The Hall–Kier alpha value is -0.820. The Morgan fingerprint density at radius 1 is 1.12 bits per heavy atom. The van der Waals surface area contributed by atoms with Crippen LogP contribution >= 0.6 is 0 Å². The fraction of sp³-hybridized carbons (Fsp3) is 0.600. The third-order valence-corrected chi connectivity index (χ3v) is 4.43. The van der Waals surface area contributed by atoms with Crippen LogP contribution in [0, 0.1) is 19.8 Å². The van der Waals surface area contributed by atoms with Gasteiger partial charge in [0.1, 0.15) is 0 Å². The predicted octanol–water partition coefficient (Wildman–Crippen LogP) is 2.94. The van der Waals surface area contributed by atoms with Crippen molar-refractivity contribution in [3.63, 3.8) is 0 Å². The lowest BCUT2D eigenvalue weighted by Gasteiger charge is -2.23. The molecule has 1 heteroatoms. The van der Waals surface area contributed by atoms with Gasteiger partial charge in [0.15, 0.2) is 0 Å². The second-order valence-electron chi connectivity index (χ2n) is 5.72. The van der Waals surface area contributed by atoms with Crippen molar-refractivity contribution in [1.82, 2.24) is 5.32 Å². The summed E-state index contributed by atoms with van der Waals surface area (Å²) in [7, 11) is 0. The molecule has 1 saturated heterocycles. The molecule has 2 fully saturated rings. The number of benzene rings is 1. The molecule has 0 radical (unpaired) electrons. The quantitative estimate of drug-likeness (QED) is 0.800. The molecule has 1 aliphatic heterocycles. The molecule has 3 rings (SSSR count). The lowest BCUT2D eigenvalue weighted by Crippen LogP contribution is -2.23. The first-order valence-electron chi connectivity index (χ1n) is 6.50. The van der Waals surface area contributed by atoms with Gasteiger partial charge in [-0.05, 0) is 63.1 Å². The van der Waals surface area contributed by atoms with Crippen LogP contribution in [-0.4, -0.2) is 13.1 Å². The molecule has 0 bridgehead atoms. The summed E-state index contributed by atoms with van der Waals surface area (Å²) in [6, 6.07) is 7.11. The van der Waals surface area contributed by atoms with E-state index in [9.17, 15) is 0 Å². The summed E-state index contributed by atoms with van der Waals surface area (Å²) in [4.78, 5) is 0. The second kappa shape index (κ2) is 3.59. The van der Waals surface area contributed by atoms with Crippen molar-refractivity contribution >= 4 is 0 Å². The molecular formula is C15H21N. The van der Waals surface area contributed by atoms with Gasteiger partial charge in [0.05, 0.1) is 0 Å². The summed E-state index contributed by atoms with van der Waals surface area (Å²) in [6.45, 7) is 6.89. The normalized spacial score (nSPS) is 27.0. The van der Waals surface area contributed by atoms with Gasteiger partial charge < -0.3 is 5.32 Å². The number of rotatable bonds is 2. The Labute approximate surface area is 98.3 Å². The van der Waals surface area contributed by atoms with Crippen LogP contribution in [0.3, 0.4) is 0 Å². The Bertz CT molecular complexity index is 378. The molecule has 86 valence electrons. The Morgan fingerprint density at radius 3 is 2.31 bits per heavy atom. The van der Waals surface area contributed by atoms with Crippen molar-refractivity contribution in [2.75, 3.05) is 13.1 Å². The van der Waals surface area contributed by atoms with E-state index in [2.05, 4.69) is 37.4 Å². The van der Waals surface area contributed by atoms with Crippen molar-refractivity contribution < 1.29 is 0 Å². The van der Waals surface area contributed by atoms with E-state index in [1.807, 2.05) is 0 Å². The molecule has 0 spiro atoms. The van der Waals surface area contributed by atoms with E-state index >= 15 is 0 Å². The van der Waals surface area contributed by atoms with Gasteiger partial charge >= 0.3 is 0 Å². The van der Waals surface area contributed by atoms with Crippen molar-refractivity contribution in [3.05, 3.63) is 34.9 Å². The van der Waals surface area contributed by atoms with E-state index in [0.29, 0.717) is 5.41 Å². The van der Waals surface area contributed by atoms with E-state index < -0.39 is 0 Å². The minimum atomic E-state index is 0.542. The first kappa shape index (κ1) is 10.3. The van der Waals surface area contributed by atoms with E-state index in [0.717, 1.165) is 5.92 Å². The van der Waals surface area contributed by atoms with Gasteiger partial charge in [-0.15, -0.1) is 0 Å². The molecule has 2 aliphatic rings. The minimum Gasteiger partial charge on any atom is -0.316 e. The van der Waals surface area contributed by atoms with E-state index in [4.69, 9.17) is 0 Å². The van der Waals surface area contributed by atoms with Gasteiger partial charge in [-0.2, -0.15) is 0 Å². The van der Waals surface area contributed by atoms with Gasteiger partial charge in [0, 0.05) is 0 Å². The van der Waals surface area contributed by atoms with Gasteiger partial charge in [0.2, 0.25) is 0 Å². The van der Waals surface area contributed by atoms with Crippen LogP contribution in [0.2, 0.25) is 0 Å². The van der Waals surface area contributed by atoms with Crippen molar-refractivity contribution in [1.29, 1.82) is 0 Å². The average Bonchev–Trinajstić information content (AvgIpc) is 2.86. The van der Waals surface area contributed by atoms with Crippen LogP contribution in [0.15, 0.2) is 18.2 Å². The minimum absolute atomic E-state index is 0.542. The average molecular weight is 215 g/mol. The number of aryl methyl sites for hydroxylation is 2. The van der Waals surface area contributed by atoms with E-state index in [1.165, 1.54) is 43.5 Å². The first-order valence-corrected chi connectivity index (χ1v) is 6.50. The number of nitrogens with one attached hydrogen (secondary N) is 1. The Balaban J connectivity index is 1.96. The molecule has 1 saturated carbocycles. The predicted molar refractivity (Wildman–Crippen MR) is 67.8 cm³/mol. The van der Waals surface area contributed by atoms with Crippen molar-refractivity contribution in [2.24, 2.45) is 5.92 Å². The topological polar surface area (TPSA) is 12.0 Å². The van der Waals surface area contributed by atoms with E-state index in [-0.39, 0.29) is 0 Å². The SMILES string of the molecule is Cc1cc(C)cc(C2(C3CCNC3)CC2)c1. The molecule has 1 aliphatic carbocycles. The molecular weight excluding hydrogens is 194 g/mol. The summed E-state index contributed by atoms with van der Waals surface area (Å²) in [5.74, 6) is 0.883. The molecule has 0 amide bonds. The zero-order valence-electron chi connectivity index (χ0n) is 10.3. The lowest BCUT2D eigenvalue weighted by atomic mass is 9.81. The van der Waals surface area contributed by atoms with Crippen LogP contribution in [0.5, 0.6) is 0 Å². The molecule has 1 nitrogen and oxygen atoms in total. The van der Waals surface area contributed by atoms with Gasteiger partial charge in [0.25, 0.3) is 0 Å². The monoisotopic (exact) mass is 215 g/mol. The lowest BCUT2D eigenvalue weighted by molar-refractivity contribution is 0.439. The largest absolute Gasteiger partial charge is 0.316 e. The fourth-order valence-corrected chi connectivity index (χ4v) is 3.46. The third kappa shape index (κ3) is 1.58. The molecule has 1 aromatic rings. The molecule has 0 aromatic heterocycles. The Kier molecular flexibility index (Phi) is 2.32. The van der Waals surface area contributed by atoms with Gasteiger partial charge in [-0.3, -0.25) is 0 Å². The molecule has 1 N–H and O–H groups in total. The third-order valence-electron chi connectivity index (χ3n) is 4.43. The second-order valence-corrected chi connectivity index (χ2v) is 5.72. The molecule has 1 aromatic carbocycles. The van der Waals surface area contributed by atoms with Crippen LogP contribution in [0.4, 0.5) is 0 Å². The van der Waals surface area contributed by atoms with Crippen LogP contribution in [0.1, 0.15) is 36.0 Å². The number of hydrogen-bond acceptors (Lipinski definition) is 1. The first-order chi connectivity index (χ1) is 7.71. The summed E-state index contributed by atoms with van der Waals surface area (Å²) in [6.07, 6.45) is 4.18. The molecule has 1 unspecified atom stereocenters. The van der Waals surface area contributed by atoms with Gasteiger partial charge in [-0.1, -0.05) is 29.3 Å². The highest BCUT2D eigenvalue weighted by Crippen LogP contribution is 2.55. The fourth-order valence-electron chi connectivity index (χ4n) is 3.46. The summed E-state index contributed by atoms with van der Waals surface area (Å²) >= 11 is 0. The zero-order valence-corrected chi connectivity index (χ0v) is 10.3. The maximum Gasteiger partial charge on any atom is -0.000536 e. The standard InChI is InChI=1S/C15H21N/c1-11-7-12(2)9-14(8-11)15(4-5-15)13-3-6-16-10-13/h7-9,13,16H,3-6,10H2,1-2H3. The van der Waals surface area contributed by atoms with Crippen LogP contribution in [0.25, 0.3) is 0 Å². The van der Waals surface area contributed by atoms with Crippen molar-refractivity contribution in [2.45, 2.75) is 38.5 Å². The highest BCUT2D eigenvalue weighted by Gasteiger charge is 2.50. The highest BCUT2D eigenvalue weighted by molar-refractivity contribution is 5.38. The molecule has 1 atom stereocenters. The van der Waals surface area contributed by atoms with Crippen molar-refractivity contribution in [3.8, 4) is 0 Å². The maximum absolute atomic E-state index is 3.52. The maximum atomic E-state index is 3.52. The van der Waals surface area contributed by atoms with Crippen LogP contribution < -0.4 is 5.32 Å². The molecule has 1 heterocycles. The summed E-state index contributed by atoms with van der Waals surface area (Å²) in [5.41, 5.74) is 5.00. The van der Waals surface area contributed by atoms with Crippen LogP contribution in [-0.2, 0) is 5.41 Å². The Morgan fingerprint density at radius 2 is 1.81 bits per heavy atom. The smallest absolute Gasteiger partial charge is 0.000536 e. The van der Waals surface area contributed by atoms with Gasteiger partial charge in [-0.25, -0.2) is 0 Å².